The van der Waals surface area contributed by atoms with Gasteiger partial charge in [-0.15, -0.1) is 0 Å². The van der Waals surface area contributed by atoms with Crippen LogP contribution in [0.4, 0.5) is 0 Å². The van der Waals surface area contributed by atoms with E-state index in [1.54, 1.807) is 0 Å². The molecule has 0 unspecified atom stereocenters. The minimum Gasteiger partial charge on any atom is -0.381 e. The Kier molecular flexibility index (Phi) is 4.84. The van der Waals surface area contributed by atoms with Crippen molar-refractivity contribution in [2.75, 3.05) is 19.8 Å². The first-order valence-corrected chi connectivity index (χ1v) is 10.7. The number of hydrogen-bond donors (Lipinski definition) is 1. The maximum atomic E-state index is 5.56. The quantitative estimate of drug-likeness (QED) is 0.778. The molecule has 0 spiro atoms. The smallest absolute Gasteiger partial charge is 0.0471 e. The van der Waals surface area contributed by atoms with Crippen LogP contribution in [0.15, 0.2) is 0 Å². The van der Waals surface area contributed by atoms with Gasteiger partial charge in [0.15, 0.2) is 0 Å². The summed E-state index contributed by atoms with van der Waals surface area (Å²) in [5.74, 6) is 0. The third-order valence-electron chi connectivity index (χ3n) is 3.45. The molecule has 0 amide bonds. The van der Waals surface area contributed by atoms with Crippen LogP contribution in [0.25, 0.3) is 0 Å². The molecule has 1 heterocycles. The fourth-order valence-electron chi connectivity index (χ4n) is 2.80. The lowest BCUT2D eigenvalue weighted by Crippen LogP contribution is -2.48. The Morgan fingerprint density at radius 3 is 2.06 bits per heavy atom. The van der Waals surface area contributed by atoms with Gasteiger partial charge in [0.1, 0.15) is 0 Å². The predicted octanol–water partition coefficient (Wildman–Crippen LogP) is 3.51. The highest BCUT2D eigenvalue weighted by Crippen LogP contribution is 2.38. The second kappa shape index (κ2) is 5.41. The summed E-state index contributed by atoms with van der Waals surface area (Å²) in [6, 6.07) is 1.42. The zero-order valence-electron chi connectivity index (χ0n) is 12.7. The highest BCUT2D eigenvalue weighted by Gasteiger charge is 2.37. The van der Waals surface area contributed by atoms with Crippen molar-refractivity contribution in [3.05, 3.63) is 0 Å². The van der Waals surface area contributed by atoms with Crippen molar-refractivity contribution in [1.29, 1.82) is 0 Å². The van der Waals surface area contributed by atoms with E-state index in [2.05, 4.69) is 45.7 Å². The summed E-state index contributed by atoms with van der Waals surface area (Å²) in [4.78, 5) is 0. The Balaban J connectivity index is 2.65. The minimum atomic E-state index is -1.01. The van der Waals surface area contributed by atoms with Crippen LogP contribution < -0.4 is 5.32 Å². The SMILES string of the molecule is CC(C)(C)NCC1(C[Si](C)(C)C)CCOCC1. The summed E-state index contributed by atoms with van der Waals surface area (Å²) >= 11 is 0. The molecule has 0 aromatic rings. The number of rotatable bonds is 4. The maximum Gasteiger partial charge on any atom is 0.0471 e. The van der Waals surface area contributed by atoms with Crippen molar-refractivity contribution in [3.8, 4) is 0 Å². The van der Waals surface area contributed by atoms with Crippen LogP contribution in [0, 0.1) is 5.41 Å². The highest BCUT2D eigenvalue weighted by atomic mass is 28.3. The molecule has 102 valence electrons. The molecule has 0 saturated carbocycles. The molecule has 0 aromatic heterocycles. The lowest BCUT2D eigenvalue weighted by molar-refractivity contribution is 0.0208. The molecule has 0 aliphatic carbocycles. The Hall–Kier alpha value is 0.137. The first-order chi connectivity index (χ1) is 7.62. The van der Waals surface area contributed by atoms with E-state index in [0.29, 0.717) is 5.41 Å². The van der Waals surface area contributed by atoms with Crippen molar-refractivity contribution in [2.45, 2.75) is 64.8 Å². The average molecular weight is 257 g/mol. The summed E-state index contributed by atoms with van der Waals surface area (Å²) in [5.41, 5.74) is 0.723. The van der Waals surface area contributed by atoms with Crippen molar-refractivity contribution in [2.24, 2.45) is 5.41 Å². The summed E-state index contributed by atoms with van der Waals surface area (Å²) in [6.07, 6.45) is 2.47. The van der Waals surface area contributed by atoms with Crippen LogP contribution in [0.2, 0.25) is 25.7 Å². The predicted molar refractivity (Wildman–Crippen MR) is 78.4 cm³/mol. The molecule has 0 aromatic carbocycles. The summed E-state index contributed by atoms with van der Waals surface area (Å²) in [7, 11) is -1.01. The Morgan fingerprint density at radius 2 is 1.65 bits per heavy atom. The molecule has 1 aliphatic rings. The zero-order chi connectivity index (χ0) is 13.2. The lowest BCUT2D eigenvalue weighted by Gasteiger charge is -2.43. The van der Waals surface area contributed by atoms with Crippen molar-refractivity contribution >= 4 is 8.07 Å². The Labute approximate surface area is 109 Å². The normalized spacial score (nSPS) is 21.5. The van der Waals surface area contributed by atoms with Crippen LogP contribution in [0.1, 0.15) is 33.6 Å². The number of ether oxygens (including phenoxy) is 1. The van der Waals surface area contributed by atoms with Crippen LogP contribution in [-0.2, 0) is 4.74 Å². The molecule has 1 saturated heterocycles. The van der Waals surface area contributed by atoms with E-state index < -0.39 is 8.07 Å². The first-order valence-electron chi connectivity index (χ1n) is 6.95. The third-order valence-corrected chi connectivity index (χ3v) is 5.26. The van der Waals surface area contributed by atoms with Crippen LogP contribution >= 0.6 is 0 Å². The molecule has 0 radical (unpaired) electrons. The minimum absolute atomic E-state index is 0.227. The van der Waals surface area contributed by atoms with Crippen molar-refractivity contribution in [3.63, 3.8) is 0 Å². The highest BCUT2D eigenvalue weighted by molar-refractivity contribution is 6.76. The largest absolute Gasteiger partial charge is 0.381 e. The maximum absolute atomic E-state index is 5.56. The van der Waals surface area contributed by atoms with E-state index in [0.717, 1.165) is 19.8 Å². The first kappa shape index (κ1) is 15.2. The Morgan fingerprint density at radius 1 is 1.12 bits per heavy atom. The van der Waals surface area contributed by atoms with Crippen LogP contribution in [0.5, 0.6) is 0 Å². The average Bonchev–Trinajstić information content (AvgIpc) is 2.13. The van der Waals surface area contributed by atoms with Crippen LogP contribution in [0.3, 0.4) is 0 Å². The topological polar surface area (TPSA) is 21.3 Å². The molecule has 17 heavy (non-hydrogen) atoms. The molecule has 2 nitrogen and oxygen atoms in total. The van der Waals surface area contributed by atoms with Gasteiger partial charge in [-0.3, -0.25) is 0 Å². The van der Waals surface area contributed by atoms with E-state index >= 15 is 0 Å². The molecular weight excluding hydrogens is 226 g/mol. The molecule has 1 aliphatic heterocycles. The van der Waals surface area contributed by atoms with Gasteiger partial charge < -0.3 is 10.1 Å². The molecule has 0 bridgehead atoms. The molecule has 1 N–H and O–H groups in total. The number of hydrogen-bond acceptors (Lipinski definition) is 2. The molecule has 3 heteroatoms. The fourth-order valence-corrected chi connectivity index (χ4v) is 5.53. The van der Waals surface area contributed by atoms with Gasteiger partial charge >= 0.3 is 0 Å². The van der Waals surface area contributed by atoms with Gasteiger partial charge in [0.2, 0.25) is 0 Å². The summed E-state index contributed by atoms with van der Waals surface area (Å²) in [5, 5.41) is 3.72. The van der Waals surface area contributed by atoms with E-state index in [1.807, 2.05) is 0 Å². The van der Waals surface area contributed by atoms with Gasteiger partial charge in [-0.05, 0) is 39.0 Å². The van der Waals surface area contributed by atoms with E-state index in [-0.39, 0.29) is 5.54 Å². The number of nitrogens with one attached hydrogen (secondary N) is 1. The van der Waals surface area contributed by atoms with Crippen LogP contribution in [-0.4, -0.2) is 33.4 Å². The Bertz CT molecular complexity index is 234. The van der Waals surface area contributed by atoms with E-state index in [4.69, 9.17) is 4.74 Å². The van der Waals surface area contributed by atoms with E-state index in [1.165, 1.54) is 18.9 Å². The monoisotopic (exact) mass is 257 g/mol. The van der Waals surface area contributed by atoms with Crippen molar-refractivity contribution in [1.82, 2.24) is 5.32 Å². The standard InChI is InChI=1S/C14H31NOSi/c1-13(2,3)15-11-14(12-17(4,5)6)7-9-16-10-8-14/h15H,7-12H2,1-6H3. The fraction of sp³-hybridized carbons (Fsp3) is 1.00. The van der Waals surface area contributed by atoms with Gasteiger partial charge in [-0.2, -0.15) is 0 Å². The molecule has 1 rings (SSSR count). The van der Waals surface area contributed by atoms with E-state index in [9.17, 15) is 0 Å². The summed E-state index contributed by atoms with van der Waals surface area (Å²) in [6.45, 7) is 17.3. The van der Waals surface area contributed by atoms with Gasteiger partial charge in [0.05, 0.1) is 0 Å². The lowest BCUT2D eigenvalue weighted by atomic mass is 9.81. The second-order valence-corrected chi connectivity index (χ2v) is 13.4. The van der Waals surface area contributed by atoms with Gasteiger partial charge in [0, 0.05) is 33.4 Å². The van der Waals surface area contributed by atoms with Gasteiger partial charge in [-0.1, -0.05) is 25.7 Å². The third kappa shape index (κ3) is 6.02. The summed E-state index contributed by atoms with van der Waals surface area (Å²) < 4.78 is 5.56. The van der Waals surface area contributed by atoms with Gasteiger partial charge in [-0.25, -0.2) is 0 Å². The van der Waals surface area contributed by atoms with Gasteiger partial charge in [0.25, 0.3) is 0 Å². The molecular formula is C14H31NOSi. The van der Waals surface area contributed by atoms with Crippen molar-refractivity contribution < 1.29 is 4.74 Å². The zero-order valence-corrected chi connectivity index (χ0v) is 13.7. The molecule has 1 fully saturated rings. The second-order valence-electron chi connectivity index (χ2n) is 7.95. The molecule has 0 atom stereocenters.